The van der Waals surface area contributed by atoms with E-state index in [9.17, 15) is 19.7 Å². The van der Waals surface area contributed by atoms with E-state index in [0.717, 1.165) is 25.5 Å². The number of carboxylic acids is 1. The molecule has 1 amide bonds. The Morgan fingerprint density at radius 3 is 2.86 bits per heavy atom. The molecule has 2 heterocycles. The van der Waals surface area contributed by atoms with Crippen molar-refractivity contribution in [2.45, 2.75) is 44.7 Å². The monoisotopic (exact) mass is 310 g/mol. The zero-order chi connectivity index (χ0) is 16.1. The molecule has 0 saturated carbocycles. The minimum atomic E-state index is -0.874. The first kappa shape index (κ1) is 15.9. The third kappa shape index (κ3) is 4.03. The van der Waals surface area contributed by atoms with Gasteiger partial charge in [0.1, 0.15) is 18.9 Å². The van der Waals surface area contributed by atoms with Gasteiger partial charge in [0.05, 0.1) is 4.92 Å². The molecule has 1 fully saturated rings. The normalized spacial score (nSPS) is 18.2. The Hall–Kier alpha value is -2.45. The van der Waals surface area contributed by atoms with Crippen molar-refractivity contribution in [2.75, 3.05) is 6.54 Å². The minimum absolute atomic E-state index is 0.0295. The van der Waals surface area contributed by atoms with Crippen molar-refractivity contribution >= 4 is 17.6 Å². The van der Waals surface area contributed by atoms with Crippen molar-refractivity contribution in [1.29, 1.82) is 0 Å². The lowest BCUT2D eigenvalue weighted by Gasteiger charge is -2.35. The number of piperidine rings is 1. The Morgan fingerprint density at radius 2 is 2.23 bits per heavy atom. The van der Waals surface area contributed by atoms with Crippen molar-refractivity contribution in [3.63, 3.8) is 0 Å². The van der Waals surface area contributed by atoms with E-state index in [-0.39, 0.29) is 30.6 Å². The molecule has 0 aliphatic carbocycles. The van der Waals surface area contributed by atoms with Gasteiger partial charge in [-0.15, -0.1) is 0 Å². The largest absolute Gasteiger partial charge is 0.481 e. The van der Waals surface area contributed by atoms with Crippen LogP contribution in [0.4, 0.5) is 5.69 Å². The van der Waals surface area contributed by atoms with Crippen molar-refractivity contribution < 1.29 is 19.6 Å². The molecule has 0 spiro atoms. The molecule has 0 aromatic carbocycles. The summed E-state index contributed by atoms with van der Waals surface area (Å²) in [4.78, 5) is 34.8. The first-order valence-corrected chi connectivity index (χ1v) is 7.15. The van der Waals surface area contributed by atoms with E-state index >= 15 is 0 Å². The molecule has 0 radical (unpaired) electrons. The number of amides is 1. The van der Waals surface area contributed by atoms with Crippen LogP contribution in [-0.2, 0) is 16.1 Å². The van der Waals surface area contributed by atoms with Crippen molar-refractivity contribution in [1.82, 2.24) is 14.7 Å². The number of aliphatic carboxylic acids is 1. The molecule has 1 N–H and O–H groups in total. The highest BCUT2D eigenvalue weighted by molar-refractivity contribution is 5.76. The Labute approximate surface area is 126 Å². The summed E-state index contributed by atoms with van der Waals surface area (Å²) in [7, 11) is 0. The van der Waals surface area contributed by atoms with E-state index in [2.05, 4.69) is 5.10 Å². The van der Waals surface area contributed by atoms with E-state index in [4.69, 9.17) is 5.11 Å². The quantitative estimate of drug-likeness (QED) is 0.619. The van der Waals surface area contributed by atoms with Gasteiger partial charge in [-0.3, -0.25) is 24.4 Å². The summed E-state index contributed by atoms with van der Waals surface area (Å²) in [6.07, 6.45) is 5.43. The van der Waals surface area contributed by atoms with Crippen LogP contribution < -0.4 is 0 Å². The predicted octanol–water partition coefficient (Wildman–Crippen LogP) is 1.04. The maximum atomic E-state index is 12.3. The van der Waals surface area contributed by atoms with Crippen molar-refractivity contribution in [2.24, 2.45) is 0 Å². The molecule has 1 atom stereocenters. The highest BCUT2D eigenvalue weighted by Gasteiger charge is 2.27. The van der Waals surface area contributed by atoms with Gasteiger partial charge in [0.2, 0.25) is 5.91 Å². The Kier molecular flexibility index (Phi) is 5.08. The lowest BCUT2D eigenvalue weighted by Crippen LogP contribution is -2.45. The summed E-state index contributed by atoms with van der Waals surface area (Å²) in [5.74, 6) is -1.06. The Morgan fingerprint density at radius 1 is 1.45 bits per heavy atom. The molecule has 22 heavy (non-hydrogen) atoms. The number of rotatable bonds is 6. The fraction of sp³-hybridized carbons (Fsp3) is 0.615. The molecule has 9 nitrogen and oxygen atoms in total. The van der Waals surface area contributed by atoms with Crippen LogP contribution in [0.15, 0.2) is 12.4 Å². The van der Waals surface area contributed by atoms with Crippen LogP contribution in [0.1, 0.15) is 32.1 Å². The van der Waals surface area contributed by atoms with Gasteiger partial charge in [-0.1, -0.05) is 0 Å². The van der Waals surface area contributed by atoms with Crippen LogP contribution in [0.5, 0.6) is 0 Å². The van der Waals surface area contributed by atoms with Gasteiger partial charge in [0, 0.05) is 19.0 Å². The molecule has 1 aliphatic heterocycles. The first-order valence-electron chi connectivity index (χ1n) is 7.15. The second-order valence-electron chi connectivity index (χ2n) is 5.32. The van der Waals surface area contributed by atoms with E-state index in [1.165, 1.54) is 10.9 Å². The van der Waals surface area contributed by atoms with E-state index in [1.807, 2.05) is 0 Å². The standard InChI is InChI=1S/C13H18N4O5/c18-12(9-15-8-11(7-14-15)17(21)22)16-6-2-1-3-10(16)4-5-13(19)20/h7-8,10H,1-6,9H2,(H,19,20). The summed E-state index contributed by atoms with van der Waals surface area (Å²) in [5, 5.41) is 23.2. The van der Waals surface area contributed by atoms with Gasteiger partial charge < -0.3 is 10.0 Å². The number of nitro groups is 1. The molecule has 1 unspecified atom stereocenters. The van der Waals surface area contributed by atoms with Crippen LogP contribution in [-0.4, -0.2) is 49.2 Å². The van der Waals surface area contributed by atoms with Gasteiger partial charge in [-0.2, -0.15) is 5.10 Å². The van der Waals surface area contributed by atoms with Gasteiger partial charge in [-0.25, -0.2) is 0 Å². The smallest absolute Gasteiger partial charge is 0.307 e. The van der Waals surface area contributed by atoms with Crippen molar-refractivity contribution in [3.05, 3.63) is 22.5 Å². The lowest BCUT2D eigenvalue weighted by molar-refractivity contribution is -0.385. The molecule has 1 aromatic heterocycles. The van der Waals surface area contributed by atoms with Gasteiger partial charge in [-0.05, 0) is 25.7 Å². The maximum absolute atomic E-state index is 12.3. The van der Waals surface area contributed by atoms with E-state index < -0.39 is 10.9 Å². The maximum Gasteiger partial charge on any atom is 0.307 e. The predicted molar refractivity (Wildman–Crippen MR) is 75.1 cm³/mol. The molecule has 2 rings (SSSR count). The van der Waals surface area contributed by atoms with Crippen LogP contribution in [0, 0.1) is 10.1 Å². The second-order valence-corrected chi connectivity index (χ2v) is 5.32. The molecule has 9 heteroatoms. The summed E-state index contributed by atoms with van der Waals surface area (Å²) in [6, 6.07) is -0.0806. The highest BCUT2D eigenvalue weighted by atomic mass is 16.6. The summed E-state index contributed by atoms with van der Waals surface area (Å²) in [6.45, 7) is 0.518. The number of carbonyl (C=O) groups excluding carboxylic acids is 1. The average Bonchev–Trinajstić information content (AvgIpc) is 2.94. The fourth-order valence-corrected chi connectivity index (χ4v) is 2.68. The molecule has 1 aliphatic rings. The minimum Gasteiger partial charge on any atom is -0.481 e. The third-order valence-electron chi connectivity index (χ3n) is 3.77. The molecule has 0 bridgehead atoms. The van der Waals surface area contributed by atoms with Crippen LogP contribution in [0.2, 0.25) is 0 Å². The number of carbonyl (C=O) groups is 2. The zero-order valence-corrected chi connectivity index (χ0v) is 12.1. The van der Waals surface area contributed by atoms with Crippen LogP contribution in [0.25, 0.3) is 0 Å². The summed E-state index contributed by atoms with van der Waals surface area (Å²) < 4.78 is 1.24. The summed E-state index contributed by atoms with van der Waals surface area (Å²) in [5.41, 5.74) is -0.158. The average molecular weight is 310 g/mol. The fourth-order valence-electron chi connectivity index (χ4n) is 2.68. The van der Waals surface area contributed by atoms with Gasteiger partial charge in [0.15, 0.2) is 0 Å². The Balaban J connectivity index is 1.98. The van der Waals surface area contributed by atoms with Crippen molar-refractivity contribution in [3.8, 4) is 0 Å². The topological polar surface area (TPSA) is 119 Å². The summed E-state index contributed by atoms with van der Waals surface area (Å²) >= 11 is 0. The number of likely N-dealkylation sites (tertiary alicyclic amines) is 1. The third-order valence-corrected chi connectivity index (χ3v) is 3.77. The second kappa shape index (κ2) is 7.01. The number of hydrogen-bond acceptors (Lipinski definition) is 5. The number of carboxylic acid groups (broad SMARTS) is 1. The van der Waals surface area contributed by atoms with Gasteiger partial charge >= 0.3 is 11.7 Å². The van der Waals surface area contributed by atoms with E-state index in [1.54, 1.807) is 4.90 Å². The SMILES string of the molecule is O=C(O)CCC1CCCCN1C(=O)Cn1cc([N+](=O)[O-])cn1. The lowest BCUT2D eigenvalue weighted by atomic mass is 9.98. The number of aromatic nitrogens is 2. The molecule has 1 aromatic rings. The van der Waals surface area contributed by atoms with Gasteiger partial charge in [0.25, 0.3) is 0 Å². The van der Waals surface area contributed by atoms with Crippen LogP contribution >= 0.6 is 0 Å². The molecule has 120 valence electrons. The molecular weight excluding hydrogens is 292 g/mol. The molecular formula is C13H18N4O5. The first-order chi connectivity index (χ1) is 10.5. The molecule has 1 saturated heterocycles. The number of nitrogens with zero attached hydrogens (tertiary/aromatic N) is 4. The number of hydrogen-bond donors (Lipinski definition) is 1. The van der Waals surface area contributed by atoms with E-state index in [0.29, 0.717) is 13.0 Å². The zero-order valence-electron chi connectivity index (χ0n) is 12.1. The highest BCUT2D eigenvalue weighted by Crippen LogP contribution is 2.21. The van der Waals surface area contributed by atoms with Crippen LogP contribution in [0.3, 0.4) is 0 Å². The Bertz CT molecular complexity index is 571.